The van der Waals surface area contributed by atoms with Crippen molar-refractivity contribution >= 4 is 0 Å². The van der Waals surface area contributed by atoms with Gasteiger partial charge in [-0.15, -0.1) is 0 Å². The molecule has 5 aliphatic rings. The Morgan fingerprint density at radius 2 is 1.91 bits per heavy atom. The van der Waals surface area contributed by atoms with E-state index in [-0.39, 0.29) is 16.9 Å². The first kappa shape index (κ1) is 23.3. The molecule has 0 spiro atoms. The lowest BCUT2D eigenvalue weighted by Crippen LogP contribution is -2.70. The molecule has 4 aliphatic carbocycles. The lowest BCUT2D eigenvalue weighted by atomic mass is 9.37. The van der Waals surface area contributed by atoms with E-state index in [1.165, 1.54) is 44.9 Å². The average Bonchev–Trinajstić information content (AvgIpc) is 2.71. The second-order valence-corrected chi connectivity index (χ2v) is 14.2. The van der Waals surface area contributed by atoms with Crippen LogP contribution >= 0.6 is 0 Å². The van der Waals surface area contributed by atoms with Gasteiger partial charge in [0.05, 0.1) is 19.3 Å². The first-order valence-corrected chi connectivity index (χ1v) is 13.4. The second-order valence-electron chi connectivity index (χ2n) is 14.2. The van der Waals surface area contributed by atoms with Gasteiger partial charge in [0.1, 0.15) is 0 Å². The number of allylic oxidation sites excluding steroid dienone is 1. The van der Waals surface area contributed by atoms with E-state index in [9.17, 15) is 5.11 Å². The highest BCUT2D eigenvalue weighted by atomic mass is 16.5. The van der Waals surface area contributed by atoms with Gasteiger partial charge in [0.25, 0.3) is 0 Å². The van der Waals surface area contributed by atoms with Crippen LogP contribution in [0.4, 0.5) is 0 Å². The zero-order valence-electron chi connectivity index (χ0n) is 21.5. The van der Waals surface area contributed by atoms with Crippen LogP contribution in [0.15, 0.2) is 11.6 Å². The van der Waals surface area contributed by atoms with E-state index in [2.05, 4.69) is 53.0 Å². The summed E-state index contributed by atoms with van der Waals surface area (Å²) in [6.07, 6.45) is 12.2. The molecular weight excluding hydrogens is 396 g/mol. The molecular formula is C28H48N2O2. The van der Waals surface area contributed by atoms with Gasteiger partial charge in [-0.25, -0.2) is 0 Å². The van der Waals surface area contributed by atoms with Crippen LogP contribution in [0.2, 0.25) is 0 Å². The van der Waals surface area contributed by atoms with E-state index in [0.29, 0.717) is 34.7 Å². The summed E-state index contributed by atoms with van der Waals surface area (Å²) in [7, 11) is 0. The monoisotopic (exact) mass is 444 g/mol. The fourth-order valence-corrected chi connectivity index (χ4v) is 10.2. The molecule has 5 rings (SSSR count). The predicted octanol–water partition coefficient (Wildman–Crippen LogP) is 5.21. The van der Waals surface area contributed by atoms with E-state index < -0.39 is 6.10 Å². The summed E-state index contributed by atoms with van der Waals surface area (Å²) in [6, 6.07) is -0.0541. The minimum Gasteiger partial charge on any atom is -0.391 e. The van der Waals surface area contributed by atoms with Gasteiger partial charge in [-0.2, -0.15) is 0 Å². The number of nitrogens with one attached hydrogen (secondary N) is 1. The first-order valence-electron chi connectivity index (χ1n) is 13.4. The number of hydrazine groups is 1. The van der Waals surface area contributed by atoms with Crippen molar-refractivity contribution in [3.05, 3.63) is 11.6 Å². The van der Waals surface area contributed by atoms with Crippen LogP contribution in [0.25, 0.3) is 0 Å². The number of hydrogen-bond acceptors (Lipinski definition) is 4. The first-order chi connectivity index (χ1) is 14.9. The highest BCUT2D eigenvalue weighted by Crippen LogP contribution is 2.72. The van der Waals surface area contributed by atoms with Crippen molar-refractivity contribution in [3.8, 4) is 0 Å². The molecule has 0 aromatic carbocycles. The van der Waals surface area contributed by atoms with Crippen LogP contribution in [0.5, 0.6) is 0 Å². The van der Waals surface area contributed by atoms with Gasteiger partial charge < -0.3 is 9.84 Å². The van der Waals surface area contributed by atoms with Crippen LogP contribution in [0, 0.1) is 44.8 Å². The zero-order chi connectivity index (χ0) is 23.2. The Hall–Kier alpha value is -0.420. The van der Waals surface area contributed by atoms with Gasteiger partial charge in [0.15, 0.2) is 0 Å². The summed E-state index contributed by atoms with van der Waals surface area (Å²) >= 11 is 0. The standard InChI is InChI=1S/C28H48N2O2/c1-18(2)13-24(3)11-12-27(6)19-7-8-22-26(5)16-32-17-28(22,14-21(30-29)23(26)31)20(19)9-10-25(27,4)15-24/h9,18-19,21-23,30-31H,7-8,10-17,29H2,1-6H3/t19-,21?,22-,23-,24+,25-,26+,27+,28-/m0/s1. The molecule has 0 aromatic rings. The quantitative estimate of drug-likeness (QED) is 0.317. The van der Waals surface area contributed by atoms with E-state index >= 15 is 0 Å². The number of aliphatic hydroxyl groups excluding tert-OH is 1. The number of fused-ring (bicyclic) bond motifs is 3. The molecule has 1 aliphatic heterocycles. The average molecular weight is 445 g/mol. The number of aliphatic hydroxyl groups is 1. The Labute approximate surface area is 196 Å². The van der Waals surface area contributed by atoms with Crippen LogP contribution < -0.4 is 11.3 Å². The maximum atomic E-state index is 11.2. The van der Waals surface area contributed by atoms with Crippen molar-refractivity contribution in [2.75, 3.05) is 13.2 Å². The van der Waals surface area contributed by atoms with Gasteiger partial charge in [0, 0.05) is 16.9 Å². The summed E-state index contributed by atoms with van der Waals surface area (Å²) < 4.78 is 6.31. The number of hydrogen-bond donors (Lipinski definition) is 3. The Kier molecular flexibility index (Phi) is 5.31. The normalized spacial score (nSPS) is 55.0. The fraction of sp³-hybridized carbons (Fsp3) is 0.929. The van der Waals surface area contributed by atoms with E-state index in [1.807, 2.05) is 0 Å². The summed E-state index contributed by atoms with van der Waals surface area (Å²) in [5.74, 6) is 7.90. The highest BCUT2D eigenvalue weighted by molar-refractivity contribution is 5.34. The molecule has 3 saturated carbocycles. The molecule has 32 heavy (non-hydrogen) atoms. The maximum Gasteiger partial charge on any atom is 0.0785 e. The van der Waals surface area contributed by atoms with Crippen molar-refractivity contribution in [2.45, 2.75) is 105 Å². The number of ether oxygens (including phenoxy) is 1. The third-order valence-corrected chi connectivity index (χ3v) is 11.7. The van der Waals surface area contributed by atoms with Crippen molar-refractivity contribution in [1.29, 1.82) is 0 Å². The zero-order valence-corrected chi connectivity index (χ0v) is 21.5. The lowest BCUT2D eigenvalue weighted by molar-refractivity contribution is -0.229. The van der Waals surface area contributed by atoms with Crippen molar-refractivity contribution < 1.29 is 9.84 Å². The van der Waals surface area contributed by atoms with E-state index in [0.717, 1.165) is 18.9 Å². The molecule has 0 amide bonds. The van der Waals surface area contributed by atoms with E-state index in [4.69, 9.17) is 10.6 Å². The van der Waals surface area contributed by atoms with Gasteiger partial charge in [-0.1, -0.05) is 53.2 Å². The summed E-state index contributed by atoms with van der Waals surface area (Å²) in [5.41, 5.74) is 5.69. The molecule has 4 N–H and O–H groups in total. The van der Waals surface area contributed by atoms with Crippen molar-refractivity contribution in [1.82, 2.24) is 5.43 Å². The molecule has 0 aromatic heterocycles. The smallest absolute Gasteiger partial charge is 0.0785 e. The lowest BCUT2D eigenvalue weighted by Gasteiger charge is -2.70. The molecule has 0 radical (unpaired) electrons. The maximum absolute atomic E-state index is 11.2. The molecule has 1 heterocycles. The largest absolute Gasteiger partial charge is 0.391 e. The topological polar surface area (TPSA) is 67.5 Å². The Morgan fingerprint density at radius 3 is 2.59 bits per heavy atom. The predicted molar refractivity (Wildman–Crippen MR) is 130 cm³/mol. The number of nitrogens with two attached hydrogens (primary N) is 1. The summed E-state index contributed by atoms with van der Waals surface area (Å²) in [4.78, 5) is 0. The van der Waals surface area contributed by atoms with Crippen LogP contribution in [-0.2, 0) is 4.74 Å². The van der Waals surface area contributed by atoms with Crippen LogP contribution in [-0.4, -0.2) is 30.5 Å². The molecule has 182 valence electrons. The SMILES string of the molecule is CC(C)C[C@@]1(C)CC[C@]2(C)[C@H]3CC[C@@H]4[C@@]5(COC[C@@]4(C)[C@@H](O)C(NN)C5)C3=CC[C@@]2(C)C1. The minimum absolute atomic E-state index is 0.0369. The number of rotatable bonds is 3. The second kappa shape index (κ2) is 7.29. The third-order valence-electron chi connectivity index (χ3n) is 11.7. The van der Waals surface area contributed by atoms with Crippen molar-refractivity contribution in [3.63, 3.8) is 0 Å². The summed E-state index contributed by atoms with van der Waals surface area (Å²) in [6.45, 7) is 16.3. The summed E-state index contributed by atoms with van der Waals surface area (Å²) in [5, 5.41) is 11.2. The molecule has 4 heteroatoms. The van der Waals surface area contributed by atoms with Crippen LogP contribution in [0.1, 0.15) is 92.9 Å². The van der Waals surface area contributed by atoms with Gasteiger partial charge in [-0.3, -0.25) is 11.3 Å². The van der Waals surface area contributed by atoms with Gasteiger partial charge in [0.2, 0.25) is 0 Å². The van der Waals surface area contributed by atoms with Gasteiger partial charge in [-0.05, 0) is 85.4 Å². The molecule has 2 bridgehead atoms. The minimum atomic E-state index is -0.445. The molecule has 1 saturated heterocycles. The Morgan fingerprint density at radius 1 is 1.16 bits per heavy atom. The molecule has 9 atom stereocenters. The highest BCUT2D eigenvalue weighted by Gasteiger charge is 2.68. The Balaban J connectivity index is 1.54. The third kappa shape index (κ3) is 2.94. The fourth-order valence-electron chi connectivity index (χ4n) is 10.2. The molecule has 4 nitrogen and oxygen atoms in total. The molecule has 1 unspecified atom stereocenters. The van der Waals surface area contributed by atoms with Crippen molar-refractivity contribution in [2.24, 2.45) is 50.7 Å². The van der Waals surface area contributed by atoms with Crippen LogP contribution in [0.3, 0.4) is 0 Å². The Bertz CT molecular complexity index is 796. The molecule has 4 fully saturated rings. The van der Waals surface area contributed by atoms with Gasteiger partial charge >= 0.3 is 0 Å². The van der Waals surface area contributed by atoms with E-state index in [1.54, 1.807) is 5.57 Å².